The maximum absolute atomic E-state index is 12.3. The third kappa shape index (κ3) is 1.10. The average molecular weight is 221 g/mol. The van der Waals surface area contributed by atoms with Crippen molar-refractivity contribution in [1.82, 2.24) is 4.90 Å². The summed E-state index contributed by atoms with van der Waals surface area (Å²) in [7, 11) is 0. The molecule has 0 aromatic heterocycles. The molecule has 5 atom stereocenters. The first-order valence-corrected chi connectivity index (χ1v) is 6.72. The zero-order valence-electron chi connectivity index (χ0n) is 9.51. The first-order valence-electron chi connectivity index (χ1n) is 6.72. The van der Waals surface area contributed by atoms with E-state index in [1.165, 1.54) is 19.3 Å². The van der Waals surface area contributed by atoms with E-state index < -0.39 is 0 Å². The molecule has 4 aliphatic rings. The predicted octanol–water partition coefficient (Wildman–Crippen LogP) is 0.872. The van der Waals surface area contributed by atoms with Gasteiger partial charge in [0.15, 0.2) is 0 Å². The minimum absolute atomic E-state index is 0.265. The lowest BCUT2D eigenvalue weighted by molar-refractivity contribution is -0.132. The summed E-state index contributed by atoms with van der Waals surface area (Å²) in [5.41, 5.74) is 0. The van der Waals surface area contributed by atoms with Crippen LogP contribution in [-0.4, -0.2) is 35.1 Å². The molecular formula is C13H19NO2. The van der Waals surface area contributed by atoms with Crippen molar-refractivity contribution in [3.05, 3.63) is 0 Å². The quantitative estimate of drug-likeness (QED) is 0.714. The Morgan fingerprint density at radius 2 is 1.81 bits per heavy atom. The van der Waals surface area contributed by atoms with Gasteiger partial charge in [0.2, 0.25) is 5.91 Å². The number of likely N-dealkylation sites (tertiary alicyclic amines) is 1. The summed E-state index contributed by atoms with van der Waals surface area (Å²) in [6, 6.07) is 0. The largest absolute Gasteiger partial charge is 0.391 e. The molecule has 0 aromatic carbocycles. The maximum atomic E-state index is 12.3. The van der Waals surface area contributed by atoms with E-state index >= 15 is 0 Å². The van der Waals surface area contributed by atoms with E-state index in [1.807, 2.05) is 4.90 Å². The molecule has 0 radical (unpaired) electrons. The zero-order valence-corrected chi connectivity index (χ0v) is 9.51. The second kappa shape index (κ2) is 3.00. The van der Waals surface area contributed by atoms with Crippen LogP contribution in [0.3, 0.4) is 0 Å². The molecule has 0 aromatic rings. The molecule has 4 unspecified atom stereocenters. The Hall–Kier alpha value is -0.570. The van der Waals surface area contributed by atoms with Gasteiger partial charge in [-0.15, -0.1) is 0 Å². The summed E-state index contributed by atoms with van der Waals surface area (Å²) in [6.07, 6.45) is 4.66. The molecule has 3 saturated carbocycles. The number of amides is 1. The van der Waals surface area contributed by atoms with Crippen LogP contribution in [0.2, 0.25) is 0 Å². The predicted molar refractivity (Wildman–Crippen MR) is 58.5 cm³/mol. The normalized spacial score (nSPS) is 53.2. The van der Waals surface area contributed by atoms with Crippen molar-refractivity contribution in [2.75, 3.05) is 13.1 Å². The van der Waals surface area contributed by atoms with Gasteiger partial charge in [0, 0.05) is 19.0 Å². The van der Waals surface area contributed by atoms with Gasteiger partial charge in [-0.25, -0.2) is 0 Å². The molecule has 4 rings (SSSR count). The summed E-state index contributed by atoms with van der Waals surface area (Å²) in [6.45, 7) is 1.37. The van der Waals surface area contributed by atoms with Crippen LogP contribution in [0, 0.1) is 29.6 Å². The number of fused-ring (bicyclic) bond motifs is 5. The lowest BCUT2D eigenvalue weighted by atomic mass is 10.0. The summed E-state index contributed by atoms with van der Waals surface area (Å²) < 4.78 is 0. The molecule has 2 bridgehead atoms. The SMILES string of the molecule is O=C(C1C2C3CCC(C3)C12)N1CC[C@H](O)C1. The van der Waals surface area contributed by atoms with Gasteiger partial charge in [-0.3, -0.25) is 4.79 Å². The third-order valence-corrected chi connectivity index (χ3v) is 5.50. The molecule has 1 N–H and O–H groups in total. The number of hydrogen-bond donors (Lipinski definition) is 1. The Balaban J connectivity index is 1.47. The van der Waals surface area contributed by atoms with Gasteiger partial charge in [0.25, 0.3) is 0 Å². The van der Waals surface area contributed by atoms with Crippen molar-refractivity contribution in [2.45, 2.75) is 31.8 Å². The molecule has 16 heavy (non-hydrogen) atoms. The fraction of sp³-hybridized carbons (Fsp3) is 0.923. The summed E-state index contributed by atoms with van der Waals surface area (Å²) in [5, 5.41) is 9.48. The van der Waals surface area contributed by atoms with Gasteiger partial charge < -0.3 is 10.0 Å². The van der Waals surface area contributed by atoms with E-state index in [-0.39, 0.29) is 6.10 Å². The van der Waals surface area contributed by atoms with Crippen LogP contribution in [0.4, 0.5) is 0 Å². The molecule has 3 nitrogen and oxygen atoms in total. The number of hydrogen-bond acceptors (Lipinski definition) is 2. The maximum Gasteiger partial charge on any atom is 0.226 e. The van der Waals surface area contributed by atoms with E-state index in [4.69, 9.17) is 0 Å². The Bertz CT molecular complexity index is 327. The zero-order chi connectivity index (χ0) is 10.9. The van der Waals surface area contributed by atoms with E-state index in [0.29, 0.717) is 18.4 Å². The van der Waals surface area contributed by atoms with E-state index in [9.17, 15) is 9.90 Å². The summed E-state index contributed by atoms with van der Waals surface area (Å²) in [4.78, 5) is 14.2. The highest BCUT2D eigenvalue weighted by Gasteiger charge is 2.68. The third-order valence-electron chi connectivity index (χ3n) is 5.50. The highest BCUT2D eigenvalue weighted by molar-refractivity contribution is 5.83. The van der Waals surface area contributed by atoms with Gasteiger partial charge >= 0.3 is 0 Å². The Morgan fingerprint density at radius 3 is 2.38 bits per heavy atom. The summed E-state index contributed by atoms with van der Waals surface area (Å²) >= 11 is 0. The number of aliphatic hydroxyl groups is 1. The highest BCUT2D eigenvalue weighted by atomic mass is 16.3. The number of carbonyl (C=O) groups excluding carboxylic acids is 1. The van der Waals surface area contributed by atoms with E-state index in [2.05, 4.69) is 0 Å². The Kier molecular flexibility index (Phi) is 1.78. The van der Waals surface area contributed by atoms with Crippen molar-refractivity contribution < 1.29 is 9.90 Å². The molecule has 88 valence electrons. The standard InChI is InChI=1S/C13H19NO2/c15-9-3-4-14(6-9)13(16)12-10-7-1-2-8(5-7)11(10)12/h7-12,15H,1-6H2/t7?,8?,9-,10?,11?,12?/m0/s1. The van der Waals surface area contributed by atoms with Crippen LogP contribution < -0.4 is 0 Å². The molecule has 1 saturated heterocycles. The fourth-order valence-corrected chi connectivity index (χ4v) is 4.81. The number of aliphatic hydroxyl groups excluding tert-OH is 1. The van der Waals surface area contributed by atoms with Crippen molar-refractivity contribution in [3.8, 4) is 0 Å². The molecule has 1 heterocycles. The van der Waals surface area contributed by atoms with Crippen molar-refractivity contribution in [2.24, 2.45) is 29.6 Å². The monoisotopic (exact) mass is 221 g/mol. The van der Waals surface area contributed by atoms with Gasteiger partial charge in [-0.1, -0.05) is 0 Å². The lowest BCUT2D eigenvalue weighted by Gasteiger charge is -2.17. The van der Waals surface area contributed by atoms with Crippen molar-refractivity contribution >= 4 is 5.91 Å². The smallest absolute Gasteiger partial charge is 0.226 e. The van der Waals surface area contributed by atoms with Gasteiger partial charge in [-0.2, -0.15) is 0 Å². The van der Waals surface area contributed by atoms with Crippen LogP contribution in [0.1, 0.15) is 25.7 Å². The molecule has 0 spiro atoms. The second-order valence-electron chi connectivity index (χ2n) is 6.24. The van der Waals surface area contributed by atoms with Gasteiger partial charge in [-0.05, 0) is 49.4 Å². The average Bonchev–Trinajstić information content (AvgIpc) is 2.68. The van der Waals surface area contributed by atoms with Crippen LogP contribution in [0.5, 0.6) is 0 Å². The van der Waals surface area contributed by atoms with Crippen LogP contribution in [0.15, 0.2) is 0 Å². The number of nitrogens with zero attached hydrogens (tertiary/aromatic N) is 1. The number of β-amino-alcohol motifs (C(OH)–C–C–N with tert-alkyl or cyclic N) is 1. The molecule has 3 aliphatic carbocycles. The van der Waals surface area contributed by atoms with Crippen LogP contribution in [0.25, 0.3) is 0 Å². The van der Waals surface area contributed by atoms with Crippen LogP contribution in [-0.2, 0) is 4.79 Å². The molecule has 1 amide bonds. The number of carbonyl (C=O) groups is 1. The van der Waals surface area contributed by atoms with Crippen molar-refractivity contribution in [3.63, 3.8) is 0 Å². The minimum Gasteiger partial charge on any atom is -0.391 e. The van der Waals surface area contributed by atoms with Gasteiger partial charge in [0.05, 0.1) is 6.10 Å². The summed E-state index contributed by atoms with van der Waals surface area (Å²) in [5.74, 6) is 3.95. The first kappa shape index (κ1) is 9.46. The van der Waals surface area contributed by atoms with E-state index in [1.54, 1.807) is 0 Å². The fourth-order valence-electron chi connectivity index (χ4n) is 4.81. The molecule has 1 aliphatic heterocycles. The Morgan fingerprint density at radius 1 is 1.12 bits per heavy atom. The first-order chi connectivity index (χ1) is 7.75. The van der Waals surface area contributed by atoms with Gasteiger partial charge in [0.1, 0.15) is 0 Å². The number of rotatable bonds is 1. The topological polar surface area (TPSA) is 40.5 Å². The van der Waals surface area contributed by atoms with E-state index in [0.717, 1.165) is 36.6 Å². The Labute approximate surface area is 95.8 Å². The molecule has 3 heteroatoms. The molecule has 4 fully saturated rings. The lowest BCUT2D eigenvalue weighted by Crippen LogP contribution is -2.32. The highest BCUT2D eigenvalue weighted by Crippen LogP contribution is 2.69. The van der Waals surface area contributed by atoms with Crippen molar-refractivity contribution in [1.29, 1.82) is 0 Å². The second-order valence-corrected chi connectivity index (χ2v) is 6.24. The minimum atomic E-state index is -0.265. The molecular weight excluding hydrogens is 202 g/mol. The van der Waals surface area contributed by atoms with Crippen LogP contribution >= 0.6 is 0 Å².